The molecule has 0 spiro atoms. The summed E-state index contributed by atoms with van der Waals surface area (Å²) < 4.78 is 0.783. The van der Waals surface area contributed by atoms with Crippen molar-refractivity contribution in [2.24, 2.45) is 0 Å². The van der Waals surface area contributed by atoms with Crippen LogP contribution in [0.15, 0.2) is 16.6 Å². The molecular formula is C9H10BrCl2NO2. The lowest BCUT2D eigenvalue weighted by atomic mass is 10.3. The fourth-order valence-corrected chi connectivity index (χ4v) is 2.34. The molecule has 0 aliphatic rings. The maximum atomic E-state index is 9.15. The summed E-state index contributed by atoms with van der Waals surface area (Å²) in [5, 5.41) is 21.6. The van der Waals surface area contributed by atoms with Gasteiger partial charge in [0.15, 0.2) is 0 Å². The molecule has 84 valence electrons. The molecule has 0 radical (unpaired) electrons. The molecule has 0 aliphatic carbocycles. The van der Waals surface area contributed by atoms with Crippen LogP contribution >= 0.6 is 39.1 Å². The van der Waals surface area contributed by atoms with Crippen LogP contribution in [0.4, 0.5) is 5.69 Å². The predicted molar refractivity (Wildman–Crippen MR) is 65.7 cm³/mol. The Labute approximate surface area is 106 Å². The fraction of sp³-hybridized carbons (Fsp3) is 0.333. The van der Waals surface area contributed by atoms with E-state index in [2.05, 4.69) is 21.2 Å². The molecule has 1 atom stereocenters. The first kappa shape index (κ1) is 13.1. The van der Waals surface area contributed by atoms with Crippen molar-refractivity contribution in [1.29, 1.82) is 0 Å². The predicted octanol–water partition coefficient (Wildman–Crippen LogP) is 2.52. The summed E-state index contributed by atoms with van der Waals surface area (Å²) in [5.41, 5.74) is 0.550. The van der Waals surface area contributed by atoms with E-state index in [4.69, 9.17) is 33.4 Å². The zero-order chi connectivity index (χ0) is 11.4. The minimum atomic E-state index is -0.833. The van der Waals surface area contributed by atoms with Crippen molar-refractivity contribution in [3.8, 4) is 0 Å². The van der Waals surface area contributed by atoms with Gasteiger partial charge in [0.25, 0.3) is 0 Å². The molecule has 15 heavy (non-hydrogen) atoms. The van der Waals surface area contributed by atoms with Gasteiger partial charge >= 0.3 is 0 Å². The van der Waals surface area contributed by atoms with Crippen LogP contribution in [0.25, 0.3) is 0 Å². The van der Waals surface area contributed by atoms with Gasteiger partial charge in [-0.1, -0.05) is 39.1 Å². The normalized spacial score (nSPS) is 12.6. The van der Waals surface area contributed by atoms with Crippen LogP contribution in [0.5, 0.6) is 0 Å². The molecular weight excluding hydrogens is 305 g/mol. The highest BCUT2D eigenvalue weighted by Crippen LogP contribution is 2.33. The molecule has 1 aromatic rings. The Kier molecular flexibility index (Phi) is 5.15. The van der Waals surface area contributed by atoms with Gasteiger partial charge in [-0.15, -0.1) is 0 Å². The van der Waals surface area contributed by atoms with E-state index in [1.165, 1.54) is 0 Å². The highest BCUT2D eigenvalue weighted by molar-refractivity contribution is 9.10. The fourth-order valence-electron chi connectivity index (χ4n) is 0.996. The number of rotatable bonds is 4. The first-order valence-electron chi connectivity index (χ1n) is 4.22. The van der Waals surface area contributed by atoms with Gasteiger partial charge < -0.3 is 15.5 Å². The second kappa shape index (κ2) is 5.92. The summed E-state index contributed by atoms with van der Waals surface area (Å²) in [6.07, 6.45) is -0.833. The minimum absolute atomic E-state index is 0.192. The first-order valence-corrected chi connectivity index (χ1v) is 5.77. The van der Waals surface area contributed by atoms with E-state index in [0.29, 0.717) is 15.7 Å². The number of nitrogens with one attached hydrogen (secondary N) is 1. The molecule has 1 aromatic carbocycles. The topological polar surface area (TPSA) is 52.5 Å². The highest BCUT2D eigenvalue weighted by Gasteiger charge is 2.09. The second-order valence-electron chi connectivity index (χ2n) is 2.96. The monoisotopic (exact) mass is 313 g/mol. The Morgan fingerprint density at radius 1 is 1.33 bits per heavy atom. The number of halogens is 3. The van der Waals surface area contributed by atoms with Gasteiger partial charge in [-0.2, -0.15) is 0 Å². The Morgan fingerprint density at radius 3 is 2.33 bits per heavy atom. The summed E-state index contributed by atoms with van der Waals surface area (Å²) in [5.74, 6) is 0. The third kappa shape index (κ3) is 3.81. The SMILES string of the molecule is OC[C@@H](O)CNc1c(Cl)cc(Br)cc1Cl. The molecule has 0 aliphatic heterocycles. The first-order chi connectivity index (χ1) is 7.04. The van der Waals surface area contributed by atoms with Crippen molar-refractivity contribution in [2.45, 2.75) is 6.10 Å². The van der Waals surface area contributed by atoms with E-state index in [1.807, 2.05) is 0 Å². The summed E-state index contributed by atoms with van der Waals surface area (Å²) in [6, 6.07) is 3.39. The lowest BCUT2D eigenvalue weighted by Crippen LogP contribution is -2.23. The summed E-state index contributed by atoms with van der Waals surface area (Å²) >= 11 is 15.1. The molecule has 0 heterocycles. The minimum Gasteiger partial charge on any atom is -0.394 e. The van der Waals surface area contributed by atoms with Gasteiger partial charge in [0, 0.05) is 11.0 Å². The van der Waals surface area contributed by atoms with Crippen molar-refractivity contribution in [3.05, 3.63) is 26.7 Å². The van der Waals surface area contributed by atoms with Gasteiger partial charge in [-0.3, -0.25) is 0 Å². The van der Waals surface area contributed by atoms with Crippen LogP contribution in [0.2, 0.25) is 10.0 Å². The van der Waals surface area contributed by atoms with Gasteiger partial charge in [-0.25, -0.2) is 0 Å². The van der Waals surface area contributed by atoms with Crippen molar-refractivity contribution < 1.29 is 10.2 Å². The van der Waals surface area contributed by atoms with Gasteiger partial charge in [-0.05, 0) is 12.1 Å². The average molecular weight is 315 g/mol. The summed E-state index contributed by atoms with van der Waals surface area (Å²) in [7, 11) is 0. The van der Waals surface area contributed by atoms with Gasteiger partial charge in [0.05, 0.1) is 28.4 Å². The molecule has 6 heteroatoms. The smallest absolute Gasteiger partial charge is 0.0942 e. The average Bonchev–Trinajstić information content (AvgIpc) is 2.15. The molecule has 0 fully saturated rings. The third-order valence-electron chi connectivity index (χ3n) is 1.73. The van der Waals surface area contributed by atoms with Crippen LogP contribution in [0, 0.1) is 0 Å². The van der Waals surface area contributed by atoms with E-state index < -0.39 is 6.10 Å². The molecule has 0 unspecified atom stereocenters. The van der Waals surface area contributed by atoms with Crippen molar-refractivity contribution in [2.75, 3.05) is 18.5 Å². The maximum Gasteiger partial charge on any atom is 0.0942 e. The van der Waals surface area contributed by atoms with Gasteiger partial charge in [0.2, 0.25) is 0 Å². The Morgan fingerprint density at radius 2 is 1.87 bits per heavy atom. The number of hydrogen-bond acceptors (Lipinski definition) is 3. The quantitative estimate of drug-likeness (QED) is 0.800. The molecule has 3 nitrogen and oxygen atoms in total. The van der Waals surface area contributed by atoms with Crippen LogP contribution in [0.1, 0.15) is 0 Å². The van der Waals surface area contributed by atoms with E-state index in [0.717, 1.165) is 4.47 Å². The lowest BCUT2D eigenvalue weighted by Gasteiger charge is -2.13. The number of benzene rings is 1. The second-order valence-corrected chi connectivity index (χ2v) is 4.69. The molecule has 0 bridgehead atoms. The van der Waals surface area contributed by atoms with E-state index in [-0.39, 0.29) is 13.2 Å². The van der Waals surface area contributed by atoms with Crippen LogP contribution in [-0.4, -0.2) is 29.5 Å². The molecule has 3 N–H and O–H groups in total. The number of anilines is 1. The number of hydrogen-bond donors (Lipinski definition) is 3. The van der Waals surface area contributed by atoms with E-state index >= 15 is 0 Å². The zero-order valence-corrected chi connectivity index (χ0v) is 10.8. The van der Waals surface area contributed by atoms with Crippen molar-refractivity contribution >= 4 is 44.8 Å². The molecule has 0 saturated heterocycles. The lowest BCUT2D eigenvalue weighted by molar-refractivity contribution is 0.105. The Hall–Kier alpha value is -0.0000000000000000555. The van der Waals surface area contributed by atoms with Crippen molar-refractivity contribution in [1.82, 2.24) is 0 Å². The van der Waals surface area contributed by atoms with Crippen LogP contribution in [-0.2, 0) is 0 Å². The third-order valence-corrected chi connectivity index (χ3v) is 2.79. The molecule has 0 aromatic heterocycles. The molecule has 1 rings (SSSR count). The maximum absolute atomic E-state index is 9.15. The van der Waals surface area contributed by atoms with Gasteiger partial charge in [0.1, 0.15) is 0 Å². The Balaban J connectivity index is 2.77. The van der Waals surface area contributed by atoms with Crippen LogP contribution in [0.3, 0.4) is 0 Å². The highest BCUT2D eigenvalue weighted by atomic mass is 79.9. The van der Waals surface area contributed by atoms with E-state index in [9.17, 15) is 0 Å². The summed E-state index contributed by atoms with van der Waals surface area (Å²) in [4.78, 5) is 0. The Bertz CT molecular complexity index is 326. The molecule has 0 saturated carbocycles. The summed E-state index contributed by atoms with van der Waals surface area (Å²) in [6.45, 7) is -0.115. The largest absolute Gasteiger partial charge is 0.394 e. The standard InChI is InChI=1S/C9H10BrCl2NO2/c10-5-1-7(11)9(8(12)2-5)13-3-6(15)4-14/h1-2,6,13-15H,3-4H2/t6-/m0/s1. The van der Waals surface area contributed by atoms with Crippen molar-refractivity contribution in [3.63, 3.8) is 0 Å². The van der Waals surface area contributed by atoms with E-state index in [1.54, 1.807) is 12.1 Å². The zero-order valence-electron chi connectivity index (χ0n) is 7.67. The number of aliphatic hydroxyl groups is 2. The number of aliphatic hydroxyl groups excluding tert-OH is 2. The van der Waals surface area contributed by atoms with Crippen LogP contribution < -0.4 is 5.32 Å². The molecule has 0 amide bonds.